The third-order valence-corrected chi connectivity index (χ3v) is 6.53. The van der Waals surface area contributed by atoms with Gasteiger partial charge in [0.15, 0.2) is 17.4 Å². The van der Waals surface area contributed by atoms with E-state index in [1.54, 1.807) is 0 Å². The van der Waals surface area contributed by atoms with Crippen LogP contribution in [0.4, 0.5) is 13.2 Å². The van der Waals surface area contributed by atoms with Crippen molar-refractivity contribution in [2.45, 2.75) is 32.7 Å². The van der Waals surface area contributed by atoms with Crippen molar-refractivity contribution in [1.29, 1.82) is 0 Å². The van der Waals surface area contributed by atoms with E-state index in [0.29, 0.717) is 37.4 Å². The normalized spacial score (nSPS) is 13.1. The minimum absolute atomic E-state index is 0.0407. The van der Waals surface area contributed by atoms with Crippen molar-refractivity contribution in [1.82, 2.24) is 10.6 Å². The van der Waals surface area contributed by atoms with Crippen molar-refractivity contribution in [3.8, 4) is 5.75 Å². The van der Waals surface area contributed by atoms with Gasteiger partial charge in [0.1, 0.15) is 0 Å². The predicted octanol–water partition coefficient (Wildman–Crippen LogP) is 6.40. The van der Waals surface area contributed by atoms with Gasteiger partial charge in [0.2, 0.25) is 5.82 Å². The van der Waals surface area contributed by atoms with Crippen LogP contribution in [0.15, 0.2) is 66.2 Å². The van der Waals surface area contributed by atoms with Crippen molar-refractivity contribution < 1.29 is 27.8 Å². The van der Waals surface area contributed by atoms with Crippen molar-refractivity contribution >= 4 is 23.1 Å². The van der Waals surface area contributed by atoms with Gasteiger partial charge < -0.3 is 20.5 Å². The number of hydrogen-bond acceptors (Lipinski definition) is 4. The molecule has 4 rings (SSSR count). The summed E-state index contributed by atoms with van der Waals surface area (Å²) in [5.74, 6) is -5.03. The third kappa shape index (κ3) is 8.85. The van der Waals surface area contributed by atoms with E-state index in [2.05, 4.69) is 17.6 Å². The lowest BCUT2D eigenvalue weighted by molar-refractivity contribution is -0.132. The molecule has 3 N–H and O–H groups in total. The number of carbonyl (C=O) groups is 1. The summed E-state index contributed by atoms with van der Waals surface area (Å²) in [6, 6.07) is 17.0. The minimum atomic E-state index is -1.33. The molecule has 0 unspecified atom stereocenters. The van der Waals surface area contributed by atoms with E-state index in [9.17, 15) is 23.1 Å². The van der Waals surface area contributed by atoms with Crippen LogP contribution in [0.25, 0.3) is 5.57 Å². The molecule has 208 valence electrons. The Morgan fingerprint density at radius 1 is 1.05 bits per heavy atom. The summed E-state index contributed by atoms with van der Waals surface area (Å²) in [6.45, 7) is 5.03. The first-order valence-electron chi connectivity index (χ1n) is 12.8. The number of rotatable bonds is 10. The van der Waals surface area contributed by atoms with E-state index in [4.69, 9.17) is 16.3 Å². The summed E-state index contributed by atoms with van der Waals surface area (Å²) in [7, 11) is 0. The van der Waals surface area contributed by atoms with Gasteiger partial charge in [-0.25, -0.2) is 13.6 Å². The number of ether oxygens (including phenoxy) is 1. The van der Waals surface area contributed by atoms with Crippen molar-refractivity contribution in [2.75, 3.05) is 26.2 Å². The second kappa shape index (κ2) is 15.3. The van der Waals surface area contributed by atoms with Crippen LogP contribution in [0.2, 0.25) is 5.02 Å². The molecule has 0 spiro atoms. The van der Waals surface area contributed by atoms with Gasteiger partial charge in [-0.3, -0.25) is 0 Å². The van der Waals surface area contributed by atoms with Gasteiger partial charge in [-0.2, -0.15) is 4.39 Å². The van der Waals surface area contributed by atoms with Gasteiger partial charge in [-0.15, -0.1) is 0 Å². The Labute approximate surface area is 231 Å². The molecule has 1 aliphatic heterocycles. The molecule has 5 nitrogen and oxygen atoms in total. The Morgan fingerprint density at radius 2 is 1.77 bits per heavy atom. The highest BCUT2D eigenvalue weighted by atomic mass is 35.5. The molecule has 3 aromatic rings. The quantitative estimate of drug-likeness (QED) is 0.198. The van der Waals surface area contributed by atoms with Crippen LogP contribution in [-0.2, 0) is 17.8 Å². The zero-order chi connectivity index (χ0) is 28.2. The summed E-state index contributed by atoms with van der Waals surface area (Å²) in [6.07, 6.45) is 1.74. The first-order valence-corrected chi connectivity index (χ1v) is 13.1. The highest BCUT2D eigenvalue weighted by Crippen LogP contribution is 2.26. The van der Waals surface area contributed by atoms with Crippen molar-refractivity contribution in [3.63, 3.8) is 0 Å². The lowest BCUT2D eigenvalue weighted by atomic mass is 9.93. The number of aliphatic carboxylic acids is 1. The third-order valence-electron chi connectivity index (χ3n) is 6.16. The van der Waals surface area contributed by atoms with E-state index in [1.165, 1.54) is 0 Å². The molecule has 0 amide bonds. The monoisotopic (exact) mass is 560 g/mol. The highest BCUT2D eigenvalue weighted by molar-refractivity contribution is 6.31. The van der Waals surface area contributed by atoms with E-state index < -0.39 is 29.2 Å². The lowest BCUT2D eigenvalue weighted by Crippen LogP contribution is -2.28. The van der Waals surface area contributed by atoms with Gasteiger partial charge >= 0.3 is 5.97 Å². The lowest BCUT2D eigenvalue weighted by Gasteiger charge is -2.19. The molecule has 0 aliphatic carbocycles. The molecule has 0 atom stereocenters. The van der Waals surface area contributed by atoms with Crippen LogP contribution >= 0.6 is 11.6 Å². The Kier molecular flexibility index (Phi) is 11.9. The van der Waals surface area contributed by atoms with Gasteiger partial charge in [-0.1, -0.05) is 61.0 Å². The van der Waals surface area contributed by atoms with Gasteiger partial charge in [-0.05, 0) is 72.8 Å². The van der Waals surface area contributed by atoms with Crippen LogP contribution in [0, 0.1) is 17.5 Å². The summed E-state index contributed by atoms with van der Waals surface area (Å²) in [4.78, 5) is 11.4. The zero-order valence-electron chi connectivity index (χ0n) is 21.7. The molecule has 1 aliphatic rings. The molecule has 1 heterocycles. The highest BCUT2D eigenvalue weighted by Gasteiger charge is 2.19. The van der Waals surface area contributed by atoms with Gasteiger partial charge in [0, 0.05) is 18.1 Å². The van der Waals surface area contributed by atoms with Crippen LogP contribution < -0.4 is 15.4 Å². The zero-order valence-corrected chi connectivity index (χ0v) is 22.5. The summed E-state index contributed by atoms with van der Waals surface area (Å²) < 4.78 is 45.2. The fraction of sp³-hybridized carbons (Fsp3) is 0.300. The maximum Gasteiger partial charge on any atom is 0.333 e. The molecule has 9 heteroatoms. The Balaban J connectivity index is 0.000000320. The number of carboxylic acids is 1. The predicted molar refractivity (Wildman–Crippen MR) is 147 cm³/mol. The fourth-order valence-corrected chi connectivity index (χ4v) is 4.28. The van der Waals surface area contributed by atoms with Crippen molar-refractivity contribution in [2.24, 2.45) is 0 Å². The SMILES string of the molecule is CCNCc1ccccc1Cl.O=C(O)C1=C(c2ccc(CCCOc3c(F)ccc(F)c3F)cc2)CCNC1. The molecule has 0 aromatic heterocycles. The Morgan fingerprint density at radius 3 is 2.46 bits per heavy atom. The first kappa shape index (κ1) is 30.2. The molecule has 0 bridgehead atoms. The van der Waals surface area contributed by atoms with E-state index in [0.717, 1.165) is 53.0 Å². The minimum Gasteiger partial charge on any atom is -0.488 e. The second-order valence-electron chi connectivity index (χ2n) is 8.88. The number of benzene rings is 3. The van der Waals surface area contributed by atoms with Crippen LogP contribution in [0.5, 0.6) is 5.75 Å². The molecule has 0 radical (unpaired) electrons. The molecule has 0 saturated carbocycles. The molecule has 39 heavy (non-hydrogen) atoms. The summed E-state index contributed by atoms with van der Waals surface area (Å²) in [5, 5.41) is 16.4. The van der Waals surface area contributed by atoms with Crippen LogP contribution in [0.1, 0.15) is 36.5 Å². The maximum absolute atomic E-state index is 13.5. The molecule has 0 fully saturated rings. The average molecular weight is 561 g/mol. The smallest absolute Gasteiger partial charge is 0.333 e. The summed E-state index contributed by atoms with van der Waals surface area (Å²) in [5.41, 5.74) is 4.24. The summed E-state index contributed by atoms with van der Waals surface area (Å²) >= 11 is 5.92. The number of carboxylic acid groups (broad SMARTS) is 1. The maximum atomic E-state index is 13.5. The molecular formula is C30H32ClF3N2O3. The number of nitrogens with one attached hydrogen (secondary N) is 2. The second-order valence-corrected chi connectivity index (χ2v) is 9.29. The standard InChI is InChI=1S/C21H20F3NO3.C9H12ClN/c22-17-7-8-18(23)20(19(17)24)28-11-1-2-13-3-5-14(6-4-13)15-9-10-25-12-16(15)21(26)27;1-2-11-7-8-5-3-4-6-9(8)10/h3-8,25H,1-2,9-12H2,(H,26,27);3-6,11H,2,7H2,1H3. The molecular weight excluding hydrogens is 529 g/mol. The topological polar surface area (TPSA) is 70.6 Å². The largest absolute Gasteiger partial charge is 0.488 e. The van der Waals surface area contributed by atoms with Crippen LogP contribution in [0.3, 0.4) is 0 Å². The molecule has 3 aromatic carbocycles. The number of hydrogen-bond donors (Lipinski definition) is 3. The average Bonchev–Trinajstić information content (AvgIpc) is 2.95. The number of aryl methyl sites for hydroxylation is 1. The van der Waals surface area contributed by atoms with E-state index in [-0.39, 0.29) is 6.61 Å². The molecule has 0 saturated heterocycles. The first-order chi connectivity index (χ1) is 18.8. The Bertz CT molecular complexity index is 1280. The van der Waals surface area contributed by atoms with Gasteiger partial charge in [0.05, 0.1) is 12.2 Å². The van der Waals surface area contributed by atoms with E-state index in [1.807, 2.05) is 48.5 Å². The number of halogens is 4. The van der Waals surface area contributed by atoms with Crippen molar-refractivity contribution in [3.05, 3.63) is 105 Å². The fourth-order valence-electron chi connectivity index (χ4n) is 4.07. The Hall–Kier alpha value is -3.33. The van der Waals surface area contributed by atoms with Gasteiger partial charge in [0.25, 0.3) is 0 Å². The van der Waals surface area contributed by atoms with E-state index >= 15 is 0 Å². The van der Waals surface area contributed by atoms with Crippen LogP contribution in [-0.4, -0.2) is 37.3 Å².